The zero-order valence-corrected chi connectivity index (χ0v) is 10.9. The van der Waals surface area contributed by atoms with Crippen LogP contribution in [0.4, 0.5) is 0 Å². The maximum Gasteiger partial charge on any atom is 0.345 e. The molecule has 2 N–H and O–H groups in total. The van der Waals surface area contributed by atoms with Crippen molar-refractivity contribution in [1.29, 1.82) is 0 Å². The highest BCUT2D eigenvalue weighted by atomic mass is 35.5. The number of rotatable bonds is 4. The Bertz CT molecular complexity index is 766. The van der Waals surface area contributed by atoms with Crippen molar-refractivity contribution < 1.29 is 9.90 Å². The van der Waals surface area contributed by atoms with Crippen LogP contribution in [-0.2, 0) is 17.8 Å². The molecule has 0 saturated carbocycles. The van der Waals surface area contributed by atoms with Crippen LogP contribution in [0.1, 0.15) is 11.3 Å². The van der Waals surface area contributed by atoms with Gasteiger partial charge in [-0.15, -0.1) is 0 Å². The highest BCUT2D eigenvalue weighted by Gasteiger charge is 2.11. The molecule has 0 saturated heterocycles. The van der Waals surface area contributed by atoms with Crippen LogP contribution in [-0.4, -0.2) is 25.8 Å². The molecular weight excluding hydrogens is 286 g/mol. The smallest absolute Gasteiger partial charge is 0.345 e. The molecule has 2 rings (SSSR count). The minimum atomic E-state index is -1.23. The molecule has 0 bridgehead atoms. The van der Waals surface area contributed by atoms with E-state index in [2.05, 4.69) is 5.10 Å². The number of hydrogen-bond donors (Lipinski definition) is 2. The summed E-state index contributed by atoms with van der Waals surface area (Å²) in [5.41, 5.74) is -0.830. The summed E-state index contributed by atoms with van der Waals surface area (Å²) in [6.07, 6.45) is 0.106. The molecule has 0 amide bonds. The predicted molar refractivity (Wildman–Crippen MR) is 71.0 cm³/mol. The molecule has 2 aromatic rings. The van der Waals surface area contributed by atoms with Gasteiger partial charge in [0, 0.05) is 11.4 Å². The average Bonchev–Trinajstić information content (AvgIpc) is 2.37. The third kappa shape index (κ3) is 3.12. The van der Waals surface area contributed by atoms with Gasteiger partial charge in [0.15, 0.2) is 0 Å². The molecule has 0 atom stereocenters. The zero-order valence-electron chi connectivity index (χ0n) is 10.2. The first kappa shape index (κ1) is 14.0. The normalized spacial score (nSPS) is 10.4. The maximum absolute atomic E-state index is 11.7. The van der Waals surface area contributed by atoms with Crippen LogP contribution in [0.5, 0.6) is 0 Å². The minimum Gasteiger partial charge on any atom is -0.480 e. The second kappa shape index (κ2) is 5.70. The van der Waals surface area contributed by atoms with Crippen LogP contribution in [0.15, 0.2) is 33.9 Å². The molecule has 0 aliphatic carbocycles. The molecule has 0 unspecified atom stereocenters. The summed E-state index contributed by atoms with van der Waals surface area (Å²) < 4.78 is 0.690. The molecule has 1 heterocycles. The van der Waals surface area contributed by atoms with E-state index >= 15 is 0 Å². The molecule has 104 valence electrons. The van der Waals surface area contributed by atoms with Crippen LogP contribution in [0.25, 0.3) is 0 Å². The topological polar surface area (TPSA) is 105 Å². The number of nitrogens with one attached hydrogen (secondary N) is 1. The maximum atomic E-state index is 11.7. The van der Waals surface area contributed by atoms with E-state index in [1.54, 1.807) is 24.3 Å². The van der Waals surface area contributed by atoms with Gasteiger partial charge < -0.3 is 5.11 Å². The third-order valence-corrected chi connectivity index (χ3v) is 2.93. The summed E-state index contributed by atoms with van der Waals surface area (Å²) in [6, 6.07) is 6.88. The van der Waals surface area contributed by atoms with Crippen LogP contribution in [0.3, 0.4) is 0 Å². The number of carboxylic acid groups (broad SMARTS) is 1. The Morgan fingerprint density at radius 2 is 2.05 bits per heavy atom. The molecule has 7 nitrogen and oxygen atoms in total. The lowest BCUT2D eigenvalue weighted by molar-refractivity contribution is -0.138. The summed E-state index contributed by atoms with van der Waals surface area (Å²) in [6.45, 7) is -0.620. The van der Waals surface area contributed by atoms with E-state index in [9.17, 15) is 14.4 Å². The fraction of sp³-hybridized carbons (Fsp3) is 0.167. The van der Waals surface area contributed by atoms with E-state index in [0.29, 0.717) is 15.3 Å². The molecule has 0 radical (unpaired) electrons. The van der Waals surface area contributed by atoms with Crippen LogP contribution in [0, 0.1) is 0 Å². The average molecular weight is 296 g/mol. The van der Waals surface area contributed by atoms with Gasteiger partial charge in [0.1, 0.15) is 12.2 Å². The van der Waals surface area contributed by atoms with Crippen molar-refractivity contribution in [3.63, 3.8) is 0 Å². The number of nitrogens with zero attached hydrogens (tertiary/aromatic N) is 2. The van der Waals surface area contributed by atoms with Crippen LogP contribution < -0.4 is 11.2 Å². The Kier molecular flexibility index (Phi) is 3.99. The number of aliphatic carboxylic acids is 1. The molecule has 0 fully saturated rings. The SMILES string of the molecule is O=C(O)Cn1nc(Cc2ccccc2Cl)c(=O)[nH]c1=O. The third-order valence-electron chi connectivity index (χ3n) is 2.56. The van der Waals surface area contributed by atoms with Crippen molar-refractivity contribution in [3.05, 3.63) is 61.4 Å². The lowest BCUT2D eigenvalue weighted by atomic mass is 10.1. The van der Waals surface area contributed by atoms with E-state index in [1.807, 2.05) is 4.98 Å². The second-order valence-electron chi connectivity index (χ2n) is 4.03. The monoisotopic (exact) mass is 295 g/mol. The molecule has 8 heteroatoms. The van der Waals surface area contributed by atoms with Gasteiger partial charge in [-0.3, -0.25) is 14.6 Å². The zero-order chi connectivity index (χ0) is 14.7. The van der Waals surface area contributed by atoms with E-state index in [1.165, 1.54) is 0 Å². The molecule has 0 aliphatic heterocycles. The summed E-state index contributed by atoms with van der Waals surface area (Å²) in [5.74, 6) is -1.23. The number of carbonyl (C=O) groups is 1. The quantitative estimate of drug-likeness (QED) is 0.842. The van der Waals surface area contributed by atoms with E-state index in [4.69, 9.17) is 16.7 Å². The molecule has 1 aromatic carbocycles. The Morgan fingerprint density at radius 3 is 2.70 bits per heavy atom. The van der Waals surface area contributed by atoms with Gasteiger partial charge in [0.05, 0.1) is 0 Å². The molecular formula is C12H10ClN3O4. The highest BCUT2D eigenvalue weighted by Crippen LogP contribution is 2.16. The first-order valence-electron chi connectivity index (χ1n) is 5.63. The summed E-state index contributed by atoms with van der Waals surface area (Å²) in [7, 11) is 0. The number of H-pyrrole nitrogens is 1. The number of halogens is 1. The lowest BCUT2D eigenvalue weighted by Gasteiger charge is -2.05. The van der Waals surface area contributed by atoms with Crippen molar-refractivity contribution in [2.75, 3.05) is 0 Å². The van der Waals surface area contributed by atoms with Gasteiger partial charge in [-0.2, -0.15) is 5.10 Å². The van der Waals surface area contributed by atoms with Crippen molar-refractivity contribution in [3.8, 4) is 0 Å². The molecule has 1 aromatic heterocycles. The molecule has 0 spiro atoms. The van der Waals surface area contributed by atoms with Crippen molar-refractivity contribution in [1.82, 2.24) is 14.8 Å². The summed E-state index contributed by atoms with van der Waals surface area (Å²) in [4.78, 5) is 35.7. The Hall–Kier alpha value is -2.41. The van der Waals surface area contributed by atoms with Crippen molar-refractivity contribution in [2.45, 2.75) is 13.0 Å². The Morgan fingerprint density at radius 1 is 1.35 bits per heavy atom. The van der Waals surface area contributed by atoms with Gasteiger partial charge in [-0.25, -0.2) is 9.48 Å². The number of benzene rings is 1. The fourth-order valence-electron chi connectivity index (χ4n) is 1.64. The van der Waals surface area contributed by atoms with Gasteiger partial charge in [-0.05, 0) is 11.6 Å². The summed E-state index contributed by atoms with van der Waals surface area (Å²) in [5, 5.41) is 12.9. The van der Waals surface area contributed by atoms with Crippen molar-refractivity contribution in [2.24, 2.45) is 0 Å². The van der Waals surface area contributed by atoms with E-state index in [-0.39, 0.29) is 12.1 Å². The largest absolute Gasteiger partial charge is 0.480 e. The van der Waals surface area contributed by atoms with Crippen LogP contribution in [0.2, 0.25) is 5.02 Å². The van der Waals surface area contributed by atoms with Gasteiger partial charge >= 0.3 is 11.7 Å². The fourth-order valence-corrected chi connectivity index (χ4v) is 1.85. The summed E-state index contributed by atoms with van der Waals surface area (Å²) >= 11 is 5.98. The van der Waals surface area contributed by atoms with Gasteiger partial charge in [0.2, 0.25) is 0 Å². The Balaban J connectivity index is 2.42. The lowest BCUT2D eigenvalue weighted by Crippen LogP contribution is -2.36. The van der Waals surface area contributed by atoms with Gasteiger partial charge in [0.25, 0.3) is 5.56 Å². The first-order valence-corrected chi connectivity index (χ1v) is 6.00. The van der Waals surface area contributed by atoms with Crippen molar-refractivity contribution >= 4 is 17.6 Å². The number of aromatic nitrogens is 3. The Labute approximate surface area is 117 Å². The van der Waals surface area contributed by atoms with E-state index in [0.717, 1.165) is 0 Å². The standard InChI is InChI=1S/C12H10ClN3O4/c13-8-4-2-1-3-7(8)5-9-11(19)14-12(20)16(15-9)6-10(17)18/h1-4H,5-6H2,(H,17,18)(H,14,19,20). The molecule has 20 heavy (non-hydrogen) atoms. The van der Waals surface area contributed by atoms with E-state index < -0.39 is 23.8 Å². The molecule has 0 aliphatic rings. The number of carboxylic acids is 1. The predicted octanol–water partition coefficient (Wildman–Crippen LogP) is 0.260. The second-order valence-corrected chi connectivity index (χ2v) is 4.43. The number of hydrogen-bond acceptors (Lipinski definition) is 4. The highest BCUT2D eigenvalue weighted by molar-refractivity contribution is 6.31. The number of aromatic amines is 1. The first-order chi connectivity index (χ1) is 9.47. The minimum absolute atomic E-state index is 0.0268. The van der Waals surface area contributed by atoms with Gasteiger partial charge in [-0.1, -0.05) is 29.8 Å². The van der Waals surface area contributed by atoms with Crippen LogP contribution >= 0.6 is 11.6 Å².